The van der Waals surface area contributed by atoms with Crippen LogP contribution in [0.1, 0.15) is 24.8 Å². The van der Waals surface area contributed by atoms with Gasteiger partial charge in [-0.1, -0.05) is 12.1 Å². The van der Waals surface area contributed by atoms with Crippen LogP contribution in [-0.2, 0) is 11.2 Å². The molecular weight excluding hydrogens is 324 g/mol. The number of fused-ring (bicyclic) bond motifs is 2. The first-order chi connectivity index (χ1) is 11.3. The quantitative estimate of drug-likeness (QED) is 0.926. The number of aromatic nitrogens is 2. The van der Waals surface area contributed by atoms with Gasteiger partial charge in [0, 0.05) is 37.6 Å². The molecule has 2 saturated heterocycles. The van der Waals surface area contributed by atoms with E-state index in [1.807, 2.05) is 46.1 Å². The third-order valence-electron chi connectivity index (χ3n) is 4.94. The monoisotopic (exact) mass is 346 g/mol. The van der Waals surface area contributed by atoms with Crippen LogP contribution in [-0.4, -0.2) is 45.8 Å². The number of hydrogen-bond donors (Lipinski definition) is 1. The van der Waals surface area contributed by atoms with Crippen molar-refractivity contribution in [2.75, 3.05) is 13.1 Å². The molecule has 1 aromatic heterocycles. The van der Waals surface area contributed by atoms with Crippen LogP contribution in [0.2, 0.25) is 0 Å². The summed E-state index contributed by atoms with van der Waals surface area (Å²) in [5, 5.41) is 7.84. The minimum atomic E-state index is 0. The van der Waals surface area contributed by atoms with Crippen LogP contribution in [0.15, 0.2) is 42.7 Å². The van der Waals surface area contributed by atoms with Crippen molar-refractivity contribution in [3.8, 4) is 5.69 Å². The van der Waals surface area contributed by atoms with E-state index in [2.05, 4.69) is 10.4 Å². The lowest BCUT2D eigenvalue weighted by Crippen LogP contribution is -2.39. The summed E-state index contributed by atoms with van der Waals surface area (Å²) in [4.78, 5) is 14.6. The van der Waals surface area contributed by atoms with E-state index in [9.17, 15) is 4.79 Å². The molecule has 128 valence electrons. The average Bonchev–Trinajstić information content (AvgIpc) is 3.18. The number of hydrogen-bond acceptors (Lipinski definition) is 3. The smallest absolute Gasteiger partial charge is 0.227 e. The Kier molecular flexibility index (Phi) is 5.21. The van der Waals surface area contributed by atoms with Crippen LogP contribution < -0.4 is 5.32 Å². The maximum Gasteiger partial charge on any atom is 0.227 e. The Labute approximate surface area is 148 Å². The fourth-order valence-electron chi connectivity index (χ4n) is 3.64. The highest BCUT2D eigenvalue weighted by Gasteiger charge is 2.30. The van der Waals surface area contributed by atoms with E-state index in [0.29, 0.717) is 18.5 Å². The van der Waals surface area contributed by atoms with E-state index in [4.69, 9.17) is 0 Å². The largest absolute Gasteiger partial charge is 0.341 e. The zero-order chi connectivity index (χ0) is 15.6. The van der Waals surface area contributed by atoms with Gasteiger partial charge >= 0.3 is 0 Å². The fourth-order valence-corrected chi connectivity index (χ4v) is 3.64. The number of carbonyl (C=O) groups is 1. The second-order valence-corrected chi connectivity index (χ2v) is 6.56. The van der Waals surface area contributed by atoms with E-state index in [1.54, 1.807) is 6.20 Å². The van der Waals surface area contributed by atoms with Gasteiger partial charge in [-0.2, -0.15) is 5.10 Å². The molecule has 0 saturated carbocycles. The Morgan fingerprint density at radius 1 is 1.17 bits per heavy atom. The number of amides is 1. The normalized spacial score (nSPS) is 22.8. The summed E-state index contributed by atoms with van der Waals surface area (Å²) in [6.07, 6.45) is 7.71. The molecule has 2 unspecified atom stereocenters. The minimum Gasteiger partial charge on any atom is -0.341 e. The summed E-state index contributed by atoms with van der Waals surface area (Å²) in [7, 11) is 0. The highest BCUT2D eigenvalue weighted by Crippen LogP contribution is 2.21. The van der Waals surface area contributed by atoms with Crippen molar-refractivity contribution in [1.29, 1.82) is 0 Å². The molecule has 0 radical (unpaired) electrons. The number of rotatable bonds is 3. The van der Waals surface area contributed by atoms with Gasteiger partial charge < -0.3 is 10.2 Å². The predicted molar refractivity (Wildman–Crippen MR) is 95.7 cm³/mol. The van der Waals surface area contributed by atoms with Gasteiger partial charge in [0.1, 0.15) is 0 Å². The summed E-state index contributed by atoms with van der Waals surface area (Å²) < 4.78 is 1.82. The number of likely N-dealkylation sites (tertiary alicyclic amines) is 1. The van der Waals surface area contributed by atoms with Crippen molar-refractivity contribution < 1.29 is 4.79 Å². The Balaban J connectivity index is 0.00000169. The molecule has 2 aliphatic rings. The number of halogens is 1. The van der Waals surface area contributed by atoms with Gasteiger partial charge in [-0.3, -0.25) is 4.79 Å². The lowest BCUT2D eigenvalue weighted by Gasteiger charge is -2.24. The summed E-state index contributed by atoms with van der Waals surface area (Å²) in [5.41, 5.74) is 2.08. The second-order valence-electron chi connectivity index (χ2n) is 6.56. The molecule has 5 nitrogen and oxygen atoms in total. The molecule has 1 amide bonds. The van der Waals surface area contributed by atoms with Crippen LogP contribution in [0.3, 0.4) is 0 Å². The van der Waals surface area contributed by atoms with Crippen LogP contribution >= 0.6 is 12.4 Å². The number of benzene rings is 1. The van der Waals surface area contributed by atoms with Gasteiger partial charge in [0.05, 0.1) is 12.1 Å². The van der Waals surface area contributed by atoms with Crippen molar-refractivity contribution in [3.63, 3.8) is 0 Å². The molecule has 2 aliphatic heterocycles. The number of nitrogens with one attached hydrogen (secondary N) is 1. The van der Waals surface area contributed by atoms with Crippen LogP contribution in [0.5, 0.6) is 0 Å². The van der Waals surface area contributed by atoms with Crippen LogP contribution in [0.25, 0.3) is 5.69 Å². The third-order valence-corrected chi connectivity index (χ3v) is 4.94. The van der Waals surface area contributed by atoms with Crippen LogP contribution in [0.4, 0.5) is 0 Å². The van der Waals surface area contributed by atoms with Gasteiger partial charge in [0.25, 0.3) is 0 Å². The summed E-state index contributed by atoms with van der Waals surface area (Å²) in [6, 6.07) is 11.1. The van der Waals surface area contributed by atoms with Crippen LogP contribution in [0, 0.1) is 0 Å². The molecule has 1 N–H and O–H groups in total. The summed E-state index contributed by atoms with van der Waals surface area (Å²) >= 11 is 0. The van der Waals surface area contributed by atoms with Gasteiger partial charge in [-0.25, -0.2) is 4.68 Å². The van der Waals surface area contributed by atoms with E-state index < -0.39 is 0 Å². The maximum absolute atomic E-state index is 12.6. The van der Waals surface area contributed by atoms with Gasteiger partial charge in [-0.15, -0.1) is 12.4 Å². The number of nitrogens with zero attached hydrogens (tertiary/aromatic N) is 3. The maximum atomic E-state index is 12.6. The standard InChI is InChI=1S/C18H22N4O.ClH/c23-18(21-11-8-15-4-5-16(13-21)20-15)12-14-2-6-17(7-3-14)22-10-1-9-19-22;/h1-3,6-7,9-10,15-16,20H,4-5,8,11-13H2;1H. The molecule has 2 atom stereocenters. The molecule has 0 spiro atoms. The summed E-state index contributed by atoms with van der Waals surface area (Å²) in [6.45, 7) is 1.75. The minimum absolute atomic E-state index is 0. The fraction of sp³-hybridized carbons (Fsp3) is 0.444. The second kappa shape index (κ2) is 7.36. The number of carbonyl (C=O) groups excluding carboxylic acids is 1. The Morgan fingerprint density at radius 2 is 1.96 bits per heavy atom. The van der Waals surface area contributed by atoms with Gasteiger partial charge in [0.15, 0.2) is 0 Å². The van der Waals surface area contributed by atoms with Crippen molar-refractivity contribution in [2.45, 2.75) is 37.8 Å². The molecule has 0 aliphatic carbocycles. The topological polar surface area (TPSA) is 50.2 Å². The molecule has 24 heavy (non-hydrogen) atoms. The van der Waals surface area contributed by atoms with Gasteiger partial charge in [0.2, 0.25) is 5.91 Å². The first kappa shape index (κ1) is 17.0. The van der Waals surface area contributed by atoms with E-state index in [0.717, 1.165) is 30.8 Å². The average molecular weight is 347 g/mol. The molecule has 2 fully saturated rings. The first-order valence-corrected chi connectivity index (χ1v) is 8.41. The zero-order valence-electron chi connectivity index (χ0n) is 13.6. The highest BCUT2D eigenvalue weighted by atomic mass is 35.5. The molecule has 3 heterocycles. The molecule has 1 aromatic carbocycles. The van der Waals surface area contributed by atoms with Crippen molar-refractivity contribution >= 4 is 18.3 Å². The van der Waals surface area contributed by atoms with Crippen molar-refractivity contribution in [2.24, 2.45) is 0 Å². The molecule has 2 aromatic rings. The molecule has 6 heteroatoms. The lowest BCUT2D eigenvalue weighted by atomic mass is 10.1. The molecule has 2 bridgehead atoms. The highest BCUT2D eigenvalue weighted by molar-refractivity contribution is 5.85. The lowest BCUT2D eigenvalue weighted by molar-refractivity contribution is -0.130. The Hall–Kier alpha value is -1.85. The Bertz CT molecular complexity index is 671. The van der Waals surface area contributed by atoms with Gasteiger partial charge in [-0.05, 0) is 43.0 Å². The van der Waals surface area contributed by atoms with Crippen molar-refractivity contribution in [1.82, 2.24) is 20.0 Å². The van der Waals surface area contributed by atoms with E-state index in [1.165, 1.54) is 12.8 Å². The summed E-state index contributed by atoms with van der Waals surface area (Å²) in [5.74, 6) is 0.242. The van der Waals surface area contributed by atoms with E-state index >= 15 is 0 Å². The molecule has 4 rings (SSSR count). The first-order valence-electron chi connectivity index (χ1n) is 8.41. The Morgan fingerprint density at radius 3 is 2.71 bits per heavy atom. The van der Waals surface area contributed by atoms with Crippen molar-refractivity contribution in [3.05, 3.63) is 48.3 Å². The SMILES string of the molecule is Cl.O=C(Cc1ccc(-n2cccn2)cc1)N1CCC2CCC(C1)N2. The van der Waals surface area contributed by atoms with E-state index in [-0.39, 0.29) is 18.3 Å². The zero-order valence-corrected chi connectivity index (χ0v) is 14.4. The predicted octanol–water partition coefficient (Wildman–Crippen LogP) is 2.19. The molecular formula is C18H23ClN4O. The third kappa shape index (κ3) is 3.62.